The van der Waals surface area contributed by atoms with Crippen molar-refractivity contribution < 1.29 is 14.7 Å². The summed E-state index contributed by atoms with van der Waals surface area (Å²) in [6, 6.07) is -1.48. The van der Waals surface area contributed by atoms with Crippen LogP contribution in [0, 0.1) is 11.8 Å². The molecule has 0 aromatic rings. The van der Waals surface area contributed by atoms with Crippen molar-refractivity contribution in [2.24, 2.45) is 17.6 Å². The van der Waals surface area contributed by atoms with Crippen molar-refractivity contribution in [1.29, 1.82) is 0 Å². The maximum absolute atomic E-state index is 11.7. The van der Waals surface area contributed by atoms with Gasteiger partial charge in [0.2, 0.25) is 5.91 Å². The number of aliphatic carboxylic acids is 1. The summed E-state index contributed by atoms with van der Waals surface area (Å²) < 4.78 is 0. The topological polar surface area (TPSA) is 92.4 Å². The van der Waals surface area contributed by atoms with Crippen molar-refractivity contribution in [3.8, 4) is 0 Å². The summed E-state index contributed by atoms with van der Waals surface area (Å²) in [4.78, 5) is 22.6. The lowest BCUT2D eigenvalue weighted by Gasteiger charge is -2.20. The summed E-state index contributed by atoms with van der Waals surface area (Å²) in [7, 11) is 0. The molecule has 0 saturated carbocycles. The fraction of sp³-hybridized carbons (Fsp3) is 0.833. The first-order chi connectivity index (χ1) is 7.73. The Balaban J connectivity index is 4.35. The molecule has 0 aromatic heterocycles. The Morgan fingerprint density at radius 2 is 1.59 bits per heavy atom. The Morgan fingerprint density at radius 1 is 1.12 bits per heavy atom. The Morgan fingerprint density at radius 3 is 1.94 bits per heavy atom. The Hall–Kier alpha value is -1.10. The second kappa shape index (κ2) is 7.27. The number of hydrogen-bond donors (Lipinski definition) is 3. The van der Waals surface area contributed by atoms with Gasteiger partial charge in [0.05, 0.1) is 6.04 Å². The Kier molecular flexibility index (Phi) is 6.80. The van der Waals surface area contributed by atoms with E-state index in [1.807, 2.05) is 27.7 Å². The molecule has 100 valence electrons. The van der Waals surface area contributed by atoms with Crippen LogP contribution in [0.1, 0.15) is 40.5 Å². The fourth-order valence-corrected chi connectivity index (χ4v) is 1.59. The quantitative estimate of drug-likeness (QED) is 0.622. The number of carbonyl (C=O) groups excluding carboxylic acids is 1. The molecular weight excluding hydrogens is 220 g/mol. The number of nitrogens with one attached hydrogen (secondary N) is 1. The van der Waals surface area contributed by atoms with Gasteiger partial charge in [-0.1, -0.05) is 27.7 Å². The first-order valence-electron chi connectivity index (χ1n) is 6.02. The van der Waals surface area contributed by atoms with Crippen molar-refractivity contribution in [3.63, 3.8) is 0 Å². The molecule has 1 unspecified atom stereocenters. The molecule has 0 aliphatic heterocycles. The zero-order chi connectivity index (χ0) is 13.6. The molecule has 0 saturated heterocycles. The van der Waals surface area contributed by atoms with E-state index in [0.717, 1.165) is 0 Å². The average molecular weight is 244 g/mol. The third kappa shape index (κ3) is 6.94. The number of carbonyl (C=O) groups is 2. The minimum atomic E-state index is -1.01. The van der Waals surface area contributed by atoms with E-state index in [4.69, 9.17) is 10.8 Å². The van der Waals surface area contributed by atoms with Crippen LogP contribution in [0.3, 0.4) is 0 Å². The first-order valence-corrected chi connectivity index (χ1v) is 6.02. The van der Waals surface area contributed by atoms with E-state index in [0.29, 0.717) is 18.8 Å². The van der Waals surface area contributed by atoms with Gasteiger partial charge in [-0.05, 0) is 24.7 Å². The monoisotopic (exact) mass is 244 g/mol. The van der Waals surface area contributed by atoms with E-state index in [9.17, 15) is 9.59 Å². The van der Waals surface area contributed by atoms with Gasteiger partial charge in [0.25, 0.3) is 0 Å². The highest BCUT2D eigenvalue weighted by molar-refractivity contribution is 5.86. The first kappa shape index (κ1) is 15.9. The molecule has 0 bridgehead atoms. The maximum atomic E-state index is 11.7. The van der Waals surface area contributed by atoms with Crippen LogP contribution in [0.25, 0.3) is 0 Å². The SMILES string of the molecule is CC(C)CC(NC(=O)[C@@H](N)CC(C)C)C(=O)O. The molecule has 0 aliphatic carbocycles. The van der Waals surface area contributed by atoms with E-state index in [2.05, 4.69) is 5.32 Å². The molecule has 0 radical (unpaired) electrons. The third-order valence-corrected chi connectivity index (χ3v) is 2.38. The maximum Gasteiger partial charge on any atom is 0.326 e. The van der Waals surface area contributed by atoms with Crippen molar-refractivity contribution in [3.05, 3.63) is 0 Å². The van der Waals surface area contributed by atoms with Crippen molar-refractivity contribution in [1.82, 2.24) is 5.32 Å². The summed E-state index contributed by atoms with van der Waals surface area (Å²) in [5.41, 5.74) is 5.69. The second-order valence-electron chi connectivity index (χ2n) is 5.27. The molecule has 4 N–H and O–H groups in total. The number of hydrogen-bond acceptors (Lipinski definition) is 3. The summed E-state index contributed by atoms with van der Waals surface area (Å²) in [5.74, 6) is -0.877. The Bertz CT molecular complexity index is 264. The van der Waals surface area contributed by atoms with E-state index < -0.39 is 18.1 Å². The van der Waals surface area contributed by atoms with Gasteiger partial charge >= 0.3 is 5.97 Å². The van der Waals surface area contributed by atoms with E-state index >= 15 is 0 Å². The smallest absolute Gasteiger partial charge is 0.326 e. The van der Waals surface area contributed by atoms with Crippen LogP contribution in [0.15, 0.2) is 0 Å². The predicted molar refractivity (Wildman–Crippen MR) is 66.5 cm³/mol. The fourth-order valence-electron chi connectivity index (χ4n) is 1.59. The van der Waals surface area contributed by atoms with E-state index in [1.54, 1.807) is 0 Å². The highest BCUT2D eigenvalue weighted by Crippen LogP contribution is 2.07. The van der Waals surface area contributed by atoms with Crippen molar-refractivity contribution >= 4 is 11.9 Å². The number of nitrogens with two attached hydrogens (primary N) is 1. The molecular formula is C12H24N2O3. The van der Waals surface area contributed by atoms with Crippen LogP contribution >= 0.6 is 0 Å². The van der Waals surface area contributed by atoms with Gasteiger partial charge in [-0.2, -0.15) is 0 Å². The minimum Gasteiger partial charge on any atom is -0.480 e. The minimum absolute atomic E-state index is 0.206. The number of amides is 1. The molecule has 0 aliphatic rings. The van der Waals surface area contributed by atoms with Gasteiger partial charge in [-0.25, -0.2) is 4.79 Å². The van der Waals surface area contributed by atoms with Crippen LogP contribution in [-0.2, 0) is 9.59 Å². The largest absolute Gasteiger partial charge is 0.480 e. The Labute approximate surface area is 103 Å². The summed E-state index contributed by atoms with van der Waals surface area (Å²) in [6.45, 7) is 7.76. The van der Waals surface area contributed by atoms with Crippen LogP contribution in [0.4, 0.5) is 0 Å². The summed E-state index contributed by atoms with van der Waals surface area (Å²) >= 11 is 0. The summed E-state index contributed by atoms with van der Waals surface area (Å²) in [5, 5.41) is 11.5. The predicted octanol–water partition coefficient (Wildman–Crippen LogP) is 0.975. The third-order valence-electron chi connectivity index (χ3n) is 2.38. The van der Waals surface area contributed by atoms with Gasteiger partial charge in [-0.3, -0.25) is 4.79 Å². The molecule has 1 amide bonds. The van der Waals surface area contributed by atoms with E-state index in [1.165, 1.54) is 0 Å². The number of rotatable bonds is 7. The molecule has 17 heavy (non-hydrogen) atoms. The lowest BCUT2D eigenvalue weighted by Crippen LogP contribution is -2.49. The normalized spacial score (nSPS) is 14.8. The highest BCUT2D eigenvalue weighted by Gasteiger charge is 2.24. The molecule has 0 fully saturated rings. The molecule has 0 heterocycles. The van der Waals surface area contributed by atoms with Crippen LogP contribution in [0.5, 0.6) is 0 Å². The van der Waals surface area contributed by atoms with E-state index in [-0.39, 0.29) is 11.8 Å². The molecule has 0 spiro atoms. The summed E-state index contributed by atoms with van der Waals surface area (Å²) in [6.07, 6.45) is 0.968. The molecule has 2 atom stereocenters. The molecule has 0 rings (SSSR count). The van der Waals surface area contributed by atoms with Gasteiger partial charge in [-0.15, -0.1) is 0 Å². The van der Waals surface area contributed by atoms with Crippen LogP contribution < -0.4 is 11.1 Å². The van der Waals surface area contributed by atoms with Gasteiger partial charge < -0.3 is 16.2 Å². The molecule has 5 heteroatoms. The number of carboxylic acid groups (broad SMARTS) is 1. The zero-order valence-electron chi connectivity index (χ0n) is 11.1. The van der Waals surface area contributed by atoms with Crippen molar-refractivity contribution in [2.75, 3.05) is 0 Å². The zero-order valence-corrected chi connectivity index (χ0v) is 11.1. The second-order valence-corrected chi connectivity index (χ2v) is 5.27. The van der Waals surface area contributed by atoms with Gasteiger partial charge in [0, 0.05) is 0 Å². The van der Waals surface area contributed by atoms with Gasteiger partial charge in [0.15, 0.2) is 0 Å². The lowest BCUT2D eigenvalue weighted by molar-refractivity contribution is -0.142. The standard InChI is InChI=1S/C12H24N2O3/c1-7(2)5-9(13)11(15)14-10(12(16)17)6-8(3)4/h7-10H,5-6,13H2,1-4H3,(H,14,15)(H,16,17)/t9-,10?/m0/s1. The number of carboxylic acids is 1. The average Bonchev–Trinajstić information content (AvgIpc) is 2.14. The molecule has 0 aromatic carbocycles. The lowest BCUT2D eigenvalue weighted by atomic mass is 10.0. The van der Waals surface area contributed by atoms with Crippen LogP contribution in [-0.4, -0.2) is 29.1 Å². The van der Waals surface area contributed by atoms with Gasteiger partial charge in [0.1, 0.15) is 6.04 Å². The van der Waals surface area contributed by atoms with Crippen molar-refractivity contribution in [2.45, 2.75) is 52.6 Å². The highest BCUT2D eigenvalue weighted by atomic mass is 16.4. The molecule has 5 nitrogen and oxygen atoms in total. The van der Waals surface area contributed by atoms with Crippen LogP contribution in [0.2, 0.25) is 0 Å².